The van der Waals surface area contributed by atoms with Crippen LogP contribution in [0.4, 0.5) is 0 Å². The molecule has 1 heterocycles. The SMILES string of the molecule is CC(=O)Oc1ccc(C2C=C(C3=CCCCC3)C(=O)O2)cc1. The Morgan fingerprint density at radius 2 is 2.00 bits per heavy atom. The Hall–Kier alpha value is -2.36. The predicted molar refractivity (Wildman–Crippen MR) is 81.2 cm³/mol. The number of benzene rings is 1. The zero-order valence-corrected chi connectivity index (χ0v) is 12.5. The predicted octanol–water partition coefficient (Wildman–Crippen LogP) is 3.64. The van der Waals surface area contributed by atoms with Crippen molar-refractivity contribution in [2.45, 2.75) is 38.7 Å². The summed E-state index contributed by atoms with van der Waals surface area (Å²) in [4.78, 5) is 23.0. The van der Waals surface area contributed by atoms with Crippen LogP contribution in [-0.2, 0) is 14.3 Å². The Labute approximate surface area is 129 Å². The van der Waals surface area contributed by atoms with Gasteiger partial charge in [-0.1, -0.05) is 18.2 Å². The fourth-order valence-electron chi connectivity index (χ4n) is 2.81. The van der Waals surface area contributed by atoms with E-state index in [1.807, 2.05) is 18.2 Å². The second kappa shape index (κ2) is 6.18. The maximum absolute atomic E-state index is 12.1. The Kier molecular flexibility index (Phi) is 4.09. The Morgan fingerprint density at radius 3 is 2.64 bits per heavy atom. The standard InChI is InChI=1S/C18H18O4/c1-12(19)21-15-9-7-14(8-10-15)17-11-16(18(20)22-17)13-5-3-2-4-6-13/h5,7-11,17H,2-4,6H2,1H3. The summed E-state index contributed by atoms with van der Waals surface area (Å²) in [7, 11) is 0. The quantitative estimate of drug-likeness (QED) is 0.631. The number of hydrogen-bond acceptors (Lipinski definition) is 4. The molecule has 0 saturated heterocycles. The molecule has 0 saturated carbocycles. The van der Waals surface area contributed by atoms with Crippen molar-refractivity contribution in [1.29, 1.82) is 0 Å². The van der Waals surface area contributed by atoms with E-state index < -0.39 is 0 Å². The zero-order valence-electron chi connectivity index (χ0n) is 12.5. The monoisotopic (exact) mass is 298 g/mol. The molecule has 0 bridgehead atoms. The second-order valence-electron chi connectivity index (χ2n) is 5.54. The maximum atomic E-state index is 12.1. The van der Waals surface area contributed by atoms with Crippen LogP contribution in [0.2, 0.25) is 0 Å². The van der Waals surface area contributed by atoms with Crippen LogP contribution in [0.3, 0.4) is 0 Å². The van der Waals surface area contributed by atoms with Gasteiger partial charge in [-0.25, -0.2) is 4.79 Å². The van der Waals surface area contributed by atoms with E-state index in [-0.39, 0.29) is 18.0 Å². The maximum Gasteiger partial charge on any atom is 0.339 e. The highest BCUT2D eigenvalue weighted by atomic mass is 16.5. The highest BCUT2D eigenvalue weighted by Gasteiger charge is 2.29. The third-order valence-corrected chi connectivity index (χ3v) is 3.88. The van der Waals surface area contributed by atoms with Crippen LogP contribution in [0, 0.1) is 0 Å². The van der Waals surface area contributed by atoms with E-state index in [4.69, 9.17) is 9.47 Å². The molecular weight excluding hydrogens is 280 g/mol. The lowest BCUT2D eigenvalue weighted by molar-refractivity contribution is -0.139. The number of cyclic esters (lactones) is 1. The van der Waals surface area contributed by atoms with Crippen LogP contribution >= 0.6 is 0 Å². The van der Waals surface area contributed by atoms with Crippen LogP contribution in [0.15, 0.2) is 47.6 Å². The minimum atomic E-state index is -0.364. The summed E-state index contributed by atoms with van der Waals surface area (Å²) < 4.78 is 10.5. The van der Waals surface area contributed by atoms with Gasteiger partial charge < -0.3 is 9.47 Å². The fourth-order valence-corrected chi connectivity index (χ4v) is 2.81. The van der Waals surface area contributed by atoms with Crippen molar-refractivity contribution in [3.8, 4) is 5.75 Å². The first-order valence-electron chi connectivity index (χ1n) is 7.54. The largest absolute Gasteiger partial charge is 0.450 e. The number of allylic oxidation sites excluding steroid dienone is 1. The smallest absolute Gasteiger partial charge is 0.339 e. The van der Waals surface area contributed by atoms with E-state index in [0.29, 0.717) is 11.3 Å². The van der Waals surface area contributed by atoms with Gasteiger partial charge in [0.25, 0.3) is 0 Å². The molecule has 0 aromatic heterocycles. The average Bonchev–Trinajstić information content (AvgIpc) is 2.90. The molecule has 0 amide bonds. The van der Waals surface area contributed by atoms with Gasteiger partial charge in [0, 0.05) is 6.92 Å². The van der Waals surface area contributed by atoms with Crippen LogP contribution < -0.4 is 4.74 Å². The average molecular weight is 298 g/mol. The van der Waals surface area contributed by atoms with Gasteiger partial charge in [0.1, 0.15) is 11.9 Å². The van der Waals surface area contributed by atoms with Crippen molar-refractivity contribution in [3.63, 3.8) is 0 Å². The van der Waals surface area contributed by atoms with Crippen LogP contribution in [0.5, 0.6) is 5.75 Å². The van der Waals surface area contributed by atoms with E-state index >= 15 is 0 Å². The lowest BCUT2D eigenvalue weighted by atomic mass is 9.93. The number of rotatable bonds is 3. The van der Waals surface area contributed by atoms with E-state index in [2.05, 4.69) is 6.08 Å². The molecule has 0 fully saturated rings. The summed E-state index contributed by atoms with van der Waals surface area (Å²) in [6.07, 6.45) is 7.95. The molecule has 1 atom stereocenters. The minimum absolute atomic E-state index is 0.248. The van der Waals surface area contributed by atoms with Gasteiger partial charge in [-0.2, -0.15) is 0 Å². The highest BCUT2D eigenvalue weighted by molar-refractivity contribution is 5.95. The summed E-state index contributed by atoms with van der Waals surface area (Å²) >= 11 is 0. The van der Waals surface area contributed by atoms with E-state index in [9.17, 15) is 9.59 Å². The van der Waals surface area contributed by atoms with Crippen LogP contribution in [0.25, 0.3) is 0 Å². The van der Waals surface area contributed by atoms with E-state index in [1.54, 1.807) is 12.1 Å². The van der Waals surface area contributed by atoms with Crippen molar-refractivity contribution >= 4 is 11.9 Å². The Bertz CT molecular complexity index is 652. The molecule has 2 aliphatic rings. The first-order chi connectivity index (χ1) is 10.6. The molecule has 3 rings (SSSR count). The van der Waals surface area contributed by atoms with Gasteiger partial charge in [0.05, 0.1) is 5.57 Å². The minimum Gasteiger partial charge on any atom is -0.450 e. The number of carbonyl (C=O) groups is 2. The molecule has 4 heteroatoms. The summed E-state index contributed by atoms with van der Waals surface area (Å²) in [6.45, 7) is 1.36. The first-order valence-corrected chi connectivity index (χ1v) is 7.54. The second-order valence-corrected chi connectivity index (χ2v) is 5.54. The van der Waals surface area contributed by atoms with Crippen molar-refractivity contribution in [2.75, 3.05) is 0 Å². The molecule has 0 N–H and O–H groups in total. The molecule has 1 aliphatic heterocycles. The summed E-state index contributed by atoms with van der Waals surface area (Å²) in [5, 5.41) is 0. The zero-order chi connectivity index (χ0) is 15.5. The third-order valence-electron chi connectivity index (χ3n) is 3.88. The summed E-state index contributed by atoms with van der Waals surface area (Å²) in [5.74, 6) is -0.117. The molecule has 1 aromatic carbocycles. The van der Waals surface area contributed by atoms with Gasteiger partial charge in [-0.05, 0) is 55.0 Å². The van der Waals surface area contributed by atoms with Gasteiger partial charge in [0.15, 0.2) is 0 Å². The third kappa shape index (κ3) is 3.11. The number of ether oxygens (including phenoxy) is 2. The topological polar surface area (TPSA) is 52.6 Å². The van der Waals surface area contributed by atoms with Crippen LogP contribution in [0.1, 0.15) is 44.3 Å². The Morgan fingerprint density at radius 1 is 1.23 bits per heavy atom. The van der Waals surface area contributed by atoms with Crippen LogP contribution in [-0.4, -0.2) is 11.9 Å². The van der Waals surface area contributed by atoms with Crippen molar-refractivity contribution in [3.05, 3.63) is 53.1 Å². The summed E-state index contributed by atoms with van der Waals surface area (Å²) in [6, 6.07) is 7.03. The van der Waals surface area contributed by atoms with Gasteiger partial charge >= 0.3 is 11.9 Å². The molecule has 1 aromatic rings. The van der Waals surface area contributed by atoms with Crippen molar-refractivity contribution in [1.82, 2.24) is 0 Å². The lowest BCUT2D eigenvalue weighted by Gasteiger charge is -2.11. The Balaban J connectivity index is 1.78. The molecule has 0 spiro atoms. The molecular formula is C18H18O4. The van der Waals surface area contributed by atoms with E-state index in [1.165, 1.54) is 13.3 Å². The molecule has 1 unspecified atom stereocenters. The van der Waals surface area contributed by atoms with Gasteiger partial charge in [-0.3, -0.25) is 4.79 Å². The number of hydrogen-bond donors (Lipinski definition) is 0. The molecule has 22 heavy (non-hydrogen) atoms. The first kappa shape index (κ1) is 14.6. The summed E-state index contributed by atoms with van der Waals surface area (Å²) in [5.41, 5.74) is 2.68. The van der Waals surface area contributed by atoms with Crippen molar-refractivity contribution in [2.24, 2.45) is 0 Å². The normalized spacial score (nSPS) is 21.0. The fraction of sp³-hybridized carbons (Fsp3) is 0.333. The molecule has 1 aliphatic carbocycles. The molecule has 0 radical (unpaired) electrons. The van der Waals surface area contributed by atoms with Crippen molar-refractivity contribution < 1.29 is 19.1 Å². The van der Waals surface area contributed by atoms with Gasteiger partial charge in [-0.15, -0.1) is 0 Å². The van der Waals surface area contributed by atoms with Gasteiger partial charge in [0.2, 0.25) is 0 Å². The lowest BCUT2D eigenvalue weighted by Crippen LogP contribution is -2.05. The molecule has 114 valence electrons. The van der Waals surface area contributed by atoms with E-state index in [0.717, 1.165) is 30.4 Å². The number of carbonyl (C=O) groups excluding carboxylic acids is 2. The highest BCUT2D eigenvalue weighted by Crippen LogP contribution is 2.35. The molecule has 4 nitrogen and oxygen atoms in total. The number of esters is 2.